The van der Waals surface area contributed by atoms with Gasteiger partial charge in [-0.15, -0.1) is 0 Å². The number of para-hydroxylation sites is 1. The molecule has 0 aliphatic heterocycles. The van der Waals surface area contributed by atoms with Crippen LogP contribution >= 0.6 is 0 Å². The molecule has 0 amide bonds. The van der Waals surface area contributed by atoms with E-state index in [2.05, 4.69) is 27.7 Å². The maximum absolute atomic E-state index is 13.8. The van der Waals surface area contributed by atoms with Crippen LogP contribution in [0.25, 0.3) is 21.7 Å². The summed E-state index contributed by atoms with van der Waals surface area (Å²) in [5, 5.41) is 14.0. The van der Waals surface area contributed by atoms with E-state index in [0.29, 0.717) is 28.1 Å². The number of carbonyl (C=O) groups is 4. The number of pyridine rings is 1. The second-order valence-corrected chi connectivity index (χ2v) is 15.5. The number of fused-ring (bicyclic) bond motifs is 3. The van der Waals surface area contributed by atoms with Gasteiger partial charge in [0, 0.05) is 22.9 Å². The fourth-order valence-electron chi connectivity index (χ4n) is 8.11. The fourth-order valence-corrected chi connectivity index (χ4v) is 8.11. The van der Waals surface area contributed by atoms with Gasteiger partial charge >= 0.3 is 11.9 Å². The molecule has 1 aromatic heterocycles. The molecule has 0 radical (unpaired) electrons. The molecule has 0 saturated heterocycles. The molecular weight excluding hydrogens is 695 g/mol. The summed E-state index contributed by atoms with van der Waals surface area (Å²) < 4.78 is 18.2. The molecule has 55 heavy (non-hydrogen) atoms. The zero-order chi connectivity index (χ0) is 39.1. The topological polar surface area (TPSA) is 129 Å². The highest BCUT2D eigenvalue weighted by Crippen LogP contribution is 2.39. The van der Waals surface area contributed by atoms with Gasteiger partial charge in [-0.2, -0.15) is 0 Å². The van der Waals surface area contributed by atoms with E-state index in [4.69, 9.17) is 19.2 Å². The van der Waals surface area contributed by atoms with Crippen molar-refractivity contribution in [2.24, 2.45) is 23.7 Å². The minimum absolute atomic E-state index is 0.0246. The van der Waals surface area contributed by atoms with Gasteiger partial charge in [-0.1, -0.05) is 109 Å². The first-order valence-corrected chi connectivity index (χ1v) is 20.4. The number of Topliss-reactive ketones (excluding diaryl/α,β-unsaturated/α-hetero) is 2. The van der Waals surface area contributed by atoms with Gasteiger partial charge < -0.3 is 19.3 Å². The lowest BCUT2D eigenvalue weighted by Crippen LogP contribution is -2.48. The van der Waals surface area contributed by atoms with Crippen molar-refractivity contribution in [2.75, 3.05) is 13.2 Å². The van der Waals surface area contributed by atoms with E-state index >= 15 is 0 Å². The van der Waals surface area contributed by atoms with Crippen LogP contribution in [-0.2, 0) is 19.1 Å². The average molecular weight is 750 g/mol. The van der Waals surface area contributed by atoms with Crippen LogP contribution in [0, 0.1) is 23.7 Å². The first kappa shape index (κ1) is 40.0. The predicted molar refractivity (Wildman–Crippen MR) is 212 cm³/mol. The van der Waals surface area contributed by atoms with E-state index < -0.39 is 41.9 Å². The highest BCUT2D eigenvalue weighted by molar-refractivity contribution is 6.30. The van der Waals surface area contributed by atoms with Crippen molar-refractivity contribution in [1.82, 2.24) is 4.98 Å². The van der Waals surface area contributed by atoms with Gasteiger partial charge in [-0.3, -0.25) is 19.2 Å². The molecule has 1 saturated carbocycles. The molecule has 9 nitrogen and oxygen atoms in total. The van der Waals surface area contributed by atoms with Crippen LogP contribution in [-0.4, -0.2) is 59.0 Å². The molecule has 1 heterocycles. The lowest BCUT2D eigenvalue weighted by molar-refractivity contribution is -0.170. The molecule has 9 heteroatoms. The van der Waals surface area contributed by atoms with Crippen LogP contribution in [0.15, 0.2) is 66.7 Å². The van der Waals surface area contributed by atoms with E-state index in [9.17, 15) is 24.3 Å². The Kier molecular flexibility index (Phi) is 13.4. The Balaban J connectivity index is 1.24. The summed E-state index contributed by atoms with van der Waals surface area (Å²) in [4.78, 5) is 59.8. The first-order chi connectivity index (χ1) is 26.7. The zero-order valence-electron chi connectivity index (χ0n) is 32.6. The van der Waals surface area contributed by atoms with Crippen molar-refractivity contribution in [3.05, 3.63) is 83.6 Å². The van der Waals surface area contributed by atoms with Crippen LogP contribution in [0.2, 0.25) is 0 Å². The van der Waals surface area contributed by atoms with Crippen molar-refractivity contribution in [3.8, 4) is 5.75 Å². The maximum Gasteiger partial charge on any atom is 0.309 e. The number of aromatic nitrogens is 1. The summed E-state index contributed by atoms with van der Waals surface area (Å²) >= 11 is 0. The largest absolute Gasteiger partial charge is 0.485 e. The molecule has 4 aromatic rings. The van der Waals surface area contributed by atoms with Crippen molar-refractivity contribution in [3.63, 3.8) is 0 Å². The number of aliphatic hydroxyl groups excluding tert-OH is 1. The first-order valence-electron chi connectivity index (χ1n) is 20.4. The summed E-state index contributed by atoms with van der Waals surface area (Å²) in [6.45, 7) is 8.97. The Hall–Kier alpha value is -4.63. The zero-order valence-corrected chi connectivity index (χ0v) is 32.6. The van der Waals surface area contributed by atoms with Crippen LogP contribution in [0.5, 0.6) is 5.75 Å². The van der Waals surface area contributed by atoms with E-state index in [0.717, 1.165) is 67.5 Å². The molecule has 1 fully saturated rings. The SMILES string of the molecule is CCCCC(CC)COC(=O)C1CC(O)C(Oc2cccc3ccc(C4C(=O)c5cc6ccccc6cc5C4=O)nc23)CC1C(=O)OCC(CC)CCCC. The molecule has 6 unspecified atom stereocenters. The van der Waals surface area contributed by atoms with Gasteiger partial charge in [0.1, 0.15) is 23.3 Å². The van der Waals surface area contributed by atoms with E-state index in [-0.39, 0.29) is 49.5 Å². The third kappa shape index (κ3) is 8.93. The van der Waals surface area contributed by atoms with Gasteiger partial charge in [0.05, 0.1) is 36.8 Å². The fraction of sp³-hybridized carbons (Fsp3) is 0.500. The number of ketones is 2. The molecule has 2 aliphatic carbocycles. The molecule has 0 spiro atoms. The molecule has 2 aliphatic rings. The number of nitrogens with zero attached hydrogens (tertiary/aromatic N) is 1. The summed E-state index contributed by atoms with van der Waals surface area (Å²) in [6, 6.07) is 20.1. The maximum atomic E-state index is 13.8. The van der Waals surface area contributed by atoms with Gasteiger partial charge in [-0.25, -0.2) is 4.98 Å². The van der Waals surface area contributed by atoms with E-state index in [1.54, 1.807) is 36.4 Å². The number of benzene rings is 3. The van der Waals surface area contributed by atoms with Crippen molar-refractivity contribution >= 4 is 45.2 Å². The van der Waals surface area contributed by atoms with E-state index in [1.165, 1.54) is 0 Å². The van der Waals surface area contributed by atoms with Crippen LogP contribution in [0.1, 0.15) is 124 Å². The lowest BCUT2D eigenvalue weighted by atomic mass is 9.76. The smallest absolute Gasteiger partial charge is 0.309 e. The Morgan fingerprint density at radius 3 is 1.82 bits per heavy atom. The van der Waals surface area contributed by atoms with Crippen molar-refractivity contribution in [1.29, 1.82) is 0 Å². The predicted octanol–water partition coefficient (Wildman–Crippen LogP) is 9.20. The number of carbonyl (C=O) groups excluding carboxylic acids is 4. The minimum Gasteiger partial charge on any atom is -0.485 e. The Bertz CT molecular complexity index is 1950. The third-order valence-electron chi connectivity index (χ3n) is 11.7. The molecule has 6 rings (SSSR count). The van der Waals surface area contributed by atoms with Gasteiger partial charge in [0.2, 0.25) is 0 Å². The quantitative estimate of drug-likeness (QED) is 0.0830. The van der Waals surface area contributed by atoms with E-state index in [1.807, 2.05) is 30.3 Å². The number of hydrogen-bond acceptors (Lipinski definition) is 9. The molecule has 3 aromatic carbocycles. The van der Waals surface area contributed by atoms with Crippen LogP contribution in [0.4, 0.5) is 0 Å². The monoisotopic (exact) mass is 749 g/mol. The number of ether oxygens (including phenoxy) is 3. The molecular formula is C46H55NO8. The van der Waals surface area contributed by atoms with Crippen LogP contribution < -0.4 is 4.74 Å². The van der Waals surface area contributed by atoms with Gasteiger partial charge in [0.25, 0.3) is 0 Å². The lowest BCUT2D eigenvalue weighted by Gasteiger charge is -2.37. The number of unbranched alkanes of at least 4 members (excludes halogenated alkanes) is 2. The average Bonchev–Trinajstić information content (AvgIpc) is 3.44. The second-order valence-electron chi connectivity index (χ2n) is 15.5. The highest BCUT2D eigenvalue weighted by Gasteiger charge is 2.47. The number of aliphatic hydroxyl groups is 1. The summed E-state index contributed by atoms with van der Waals surface area (Å²) in [5.74, 6) is -3.63. The van der Waals surface area contributed by atoms with Gasteiger partial charge in [0.15, 0.2) is 11.6 Å². The van der Waals surface area contributed by atoms with Crippen LogP contribution in [0.3, 0.4) is 0 Å². The Morgan fingerprint density at radius 1 is 0.727 bits per heavy atom. The highest BCUT2D eigenvalue weighted by atomic mass is 16.5. The number of esters is 2. The standard InChI is InChI=1S/C46H55NO8/c1-5-9-14-28(7-3)26-53-45(51)35-24-38(48)40(25-36(35)46(52)54-27-29(8-4)15-10-6-2)55-39-19-13-18-30-20-21-37(47-42(30)39)41-43(49)33-22-31-16-11-12-17-32(31)23-34(33)44(41)50/h11-13,16-23,28-29,35-36,38,40-41,48H,5-10,14-15,24-27H2,1-4H3. The number of hydrogen-bond donors (Lipinski definition) is 1. The van der Waals surface area contributed by atoms with Gasteiger partial charge in [-0.05, 0) is 66.1 Å². The third-order valence-corrected chi connectivity index (χ3v) is 11.7. The summed E-state index contributed by atoms with van der Waals surface area (Å²) in [7, 11) is 0. The summed E-state index contributed by atoms with van der Waals surface area (Å²) in [6.07, 6.45) is 5.93. The summed E-state index contributed by atoms with van der Waals surface area (Å²) in [5.41, 5.74) is 1.51. The molecule has 292 valence electrons. The molecule has 0 bridgehead atoms. The Morgan fingerprint density at radius 2 is 1.27 bits per heavy atom. The Labute approximate surface area is 324 Å². The molecule has 1 N–H and O–H groups in total. The van der Waals surface area contributed by atoms with Crippen molar-refractivity contribution in [2.45, 2.75) is 110 Å². The molecule has 6 atom stereocenters. The normalized spacial score (nSPS) is 21.0. The minimum atomic E-state index is -1.09. The second kappa shape index (κ2) is 18.3. The van der Waals surface area contributed by atoms with Crippen molar-refractivity contribution < 1.29 is 38.5 Å². The number of rotatable bonds is 17.